The number of aromatic nitrogens is 4. The number of fused-ring (bicyclic) bond motifs is 1. The molecule has 0 spiro atoms. The van der Waals surface area contributed by atoms with Gasteiger partial charge in [0, 0.05) is 29.2 Å². The van der Waals surface area contributed by atoms with E-state index in [1.807, 2.05) is 13.8 Å². The van der Waals surface area contributed by atoms with Gasteiger partial charge >= 0.3 is 0 Å². The third-order valence-corrected chi connectivity index (χ3v) is 3.79. The first-order valence-corrected chi connectivity index (χ1v) is 7.36. The minimum Gasteiger partial charge on any atom is -0.399 e. The summed E-state index contributed by atoms with van der Waals surface area (Å²) < 4.78 is 1.69. The van der Waals surface area contributed by atoms with E-state index in [9.17, 15) is 4.79 Å². The van der Waals surface area contributed by atoms with Crippen molar-refractivity contribution in [2.24, 2.45) is 0 Å². The molecule has 1 aromatic carbocycles. The van der Waals surface area contributed by atoms with Crippen LogP contribution < -0.4 is 11.1 Å². The molecule has 0 saturated heterocycles. The first kappa shape index (κ1) is 15.0. The fourth-order valence-electron chi connectivity index (χ4n) is 2.55. The van der Waals surface area contributed by atoms with Gasteiger partial charge in [-0.15, -0.1) is 0 Å². The highest BCUT2D eigenvalue weighted by Crippen LogP contribution is 2.16. The monoisotopic (exact) mass is 310 g/mol. The number of aryl methyl sites for hydroxylation is 2. The van der Waals surface area contributed by atoms with E-state index in [1.165, 1.54) is 6.33 Å². The molecule has 3 aromatic rings. The summed E-state index contributed by atoms with van der Waals surface area (Å²) in [5, 5.41) is 7.01. The molecule has 2 heterocycles. The van der Waals surface area contributed by atoms with Crippen LogP contribution in [0.4, 0.5) is 11.4 Å². The lowest BCUT2D eigenvalue weighted by atomic mass is 10.1. The van der Waals surface area contributed by atoms with Gasteiger partial charge in [-0.1, -0.05) is 0 Å². The molecule has 0 aliphatic carbocycles. The maximum atomic E-state index is 12.1. The van der Waals surface area contributed by atoms with Gasteiger partial charge in [-0.25, -0.2) is 9.50 Å². The molecular formula is C16H18N6O. The molecule has 7 nitrogen and oxygen atoms in total. The molecule has 0 bridgehead atoms. The molecule has 23 heavy (non-hydrogen) atoms. The van der Waals surface area contributed by atoms with E-state index >= 15 is 0 Å². The van der Waals surface area contributed by atoms with Gasteiger partial charge < -0.3 is 11.1 Å². The Kier molecular flexibility index (Phi) is 3.92. The Bertz CT molecular complexity index is 853. The van der Waals surface area contributed by atoms with E-state index < -0.39 is 0 Å². The van der Waals surface area contributed by atoms with Gasteiger partial charge in [0.15, 0.2) is 0 Å². The van der Waals surface area contributed by atoms with Gasteiger partial charge in [-0.05, 0) is 50.1 Å². The molecule has 7 heteroatoms. The Morgan fingerprint density at radius 2 is 2.00 bits per heavy atom. The van der Waals surface area contributed by atoms with E-state index in [4.69, 9.17) is 5.73 Å². The smallest absolute Gasteiger partial charge is 0.252 e. The zero-order valence-corrected chi connectivity index (χ0v) is 13.1. The zero-order chi connectivity index (χ0) is 16.4. The van der Waals surface area contributed by atoms with Crippen LogP contribution in [0.1, 0.15) is 23.4 Å². The molecule has 0 aliphatic heterocycles. The van der Waals surface area contributed by atoms with Crippen molar-refractivity contribution in [2.75, 3.05) is 11.1 Å². The number of rotatable bonds is 4. The number of nitrogens with zero attached hydrogens (tertiary/aromatic N) is 4. The number of anilines is 2. The van der Waals surface area contributed by atoms with E-state index in [1.54, 1.807) is 28.8 Å². The number of amides is 1. The lowest BCUT2D eigenvalue weighted by Gasteiger charge is -2.10. The van der Waals surface area contributed by atoms with Gasteiger partial charge in [0.2, 0.25) is 5.91 Å². The normalized spacial score (nSPS) is 10.9. The van der Waals surface area contributed by atoms with Crippen molar-refractivity contribution in [3.05, 3.63) is 47.5 Å². The van der Waals surface area contributed by atoms with Crippen molar-refractivity contribution >= 4 is 23.1 Å². The first-order valence-electron chi connectivity index (χ1n) is 7.36. The predicted molar refractivity (Wildman–Crippen MR) is 88.1 cm³/mol. The molecule has 1 amide bonds. The van der Waals surface area contributed by atoms with Crippen LogP contribution in [0.3, 0.4) is 0 Å². The van der Waals surface area contributed by atoms with E-state index in [-0.39, 0.29) is 5.91 Å². The van der Waals surface area contributed by atoms with Gasteiger partial charge in [-0.3, -0.25) is 4.79 Å². The number of carbonyl (C=O) groups is 1. The summed E-state index contributed by atoms with van der Waals surface area (Å²) in [7, 11) is 0. The molecule has 0 atom stereocenters. The van der Waals surface area contributed by atoms with Crippen LogP contribution in [0, 0.1) is 13.8 Å². The number of benzene rings is 1. The number of nitrogen functional groups attached to an aromatic ring is 1. The molecule has 0 fully saturated rings. The third kappa shape index (κ3) is 3.13. The first-order chi connectivity index (χ1) is 11.0. The van der Waals surface area contributed by atoms with Gasteiger partial charge in [0.1, 0.15) is 6.33 Å². The Morgan fingerprint density at radius 3 is 2.74 bits per heavy atom. The number of hydrogen-bond donors (Lipinski definition) is 2. The summed E-state index contributed by atoms with van der Waals surface area (Å²) in [5.41, 5.74) is 9.90. The second-order valence-electron chi connectivity index (χ2n) is 5.40. The molecule has 118 valence electrons. The van der Waals surface area contributed by atoms with Gasteiger partial charge in [0.25, 0.3) is 5.78 Å². The van der Waals surface area contributed by atoms with Crippen LogP contribution in [0.5, 0.6) is 0 Å². The van der Waals surface area contributed by atoms with Crippen molar-refractivity contribution in [3.8, 4) is 0 Å². The maximum absolute atomic E-state index is 12.1. The van der Waals surface area contributed by atoms with Crippen LogP contribution in [0.2, 0.25) is 0 Å². The summed E-state index contributed by atoms with van der Waals surface area (Å²) >= 11 is 0. The Balaban J connectivity index is 1.70. The second-order valence-corrected chi connectivity index (χ2v) is 5.40. The SMILES string of the molecule is Cc1nc2ncnn2c(C)c1CCC(=O)Nc1ccc(N)cc1. The predicted octanol–water partition coefficient (Wildman–Crippen LogP) is 1.89. The number of nitrogens with two attached hydrogens (primary N) is 1. The Hall–Kier alpha value is -2.96. The maximum Gasteiger partial charge on any atom is 0.252 e. The molecule has 0 radical (unpaired) electrons. The fraction of sp³-hybridized carbons (Fsp3) is 0.250. The van der Waals surface area contributed by atoms with Crippen LogP contribution in [-0.4, -0.2) is 25.5 Å². The lowest BCUT2D eigenvalue weighted by Crippen LogP contribution is -2.14. The Labute approximate surface area is 133 Å². The molecule has 3 rings (SSSR count). The third-order valence-electron chi connectivity index (χ3n) is 3.79. The Morgan fingerprint density at radius 1 is 1.26 bits per heavy atom. The summed E-state index contributed by atoms with van der Waals surface area (Å²) in [6.45, 7) is 3.89. The van der Waals surface area contributed by atoms with Crippen molar-refractivity contribution in [2.45, 2.75) is 26.7 Å². The minimum absolute atomic E-state index is 0.0488. The van der Waals surface area contributed by atoms with Crippen LogP contribution in [-0.2, 0) is 11.2 Å². The van der Waals surface area contributed by atoms with E-state index in [0.29, 0.717) is 24.3 Å². The minimum atomic E-state index is -0.0488. The molecule has 0 unspecified atom stereocenters. The number of carbonyl (C=O) groups excluding carboxylic acids is 1. The van der Waals surface area contributed by atoms with Gasteiger partial charge in [-0.2, -0.15) is 10.1 Å². The number of nitrogens with one attached hydrogen (secondary N) is 1. The standard InChI is InChI=1S/C16H18N6O/c1-10-14(11(2)22-16(20-10)18-9-19-22)7-8-15(23)21-13-5-3-12(17)4-6-13/h3-6,9H,7-8,17H2,1-2H3,(H,21,23). The average Bonchev–Trinajstić information content (AvgIpc) is 2.98. The fourth-order valence-corrected chi connectivity index (χ4v) is 2.55. The molecule has 3 N–H and O–H groups in total. The summed E-state index contributed by atoms with van der Waals surface area (Å²) in [6.07, 6.45) is 2.45. The summed E-state index contributed by atoms with van der Waals surface area (Å²) in [6, 6.07) is 7.08. The zero-order valence-electron chi connectivity index (χ0n) is 13.1. The quantitative estimate of drug-likeness (QED) is 0.717. The topological polar surface area (TPSA) is 98.2 Å². The van der Waals surface area contributed by atoms with Crippen LogP contribution in [0.15, 0.2) is 30.6 Å². The largest absolute Gasteiger partial charge is 0.399 e. The molecule has 0 aliphatic rings. The molecule has 2 aromatic heterocycles. The van der Waals surface area contributed by atoms with E-state index in [0.717, 1.165) is 22.6 Å². The van der Waals surface area contributed by atoms with Crippen molar-refractivity contribution in [1.82, 2.24) is 19.6 Å². The lowest BCUT2D eigenvalue weighted by molar-refractivity contribution is -0.116. The van der Waals surface area contributed by atoms with Crippen molar-refractivity contribution < 1.29 is 4.79 Å². The van der Waals surface area contributed by atoms with E-state index in [2.05, 4.69) is 20.4 Å². The van der Waals surface area contributed by atoms with Crippen LogP contribution in [0.25, 0.3) is 5.78 Å². The highest BCUT2D eigenvalue weighted by molar-refractivity contribution is 5.91. The molecular weight excluding hydrogens is 292 g/mol. The average molecular weight is 310 g/mol. The van der Waals surface area contributed by atoms with Crippen LogP contribution >= 0.6 is 0 Å². The summed E-state index contributed by atoms with van der Waals surface area (Å²) in [5.74, 6) is 0.530. The summed E-state index contributed by atoms with van der Waals surface area (Å²) in [4.78, 5) is 20.6. The second kappa shape index (κ2) is 6.04. The van der Waals surface area contributed by atoms with Crippen molar-refractivity contribution in [1.29, 1.82) is 0 Å². The van der Waals surface area contributed by atoms with Crippen molar-refractivity contribution in [3.63, 3.8) is 0 Å². The number of hydrogen-bond acceptors (Lipinski definition) is 5. The highest BCUT2D eigenvalue weighted by Gasteiger charge is 2.12. The van der Waals surface area contributed by atoms with Gasteiger partial charge in [0.05, 0.1) is 0 Å². The highest BCUT2D eigenvalue weighted by atomic mass is 16.1. The molecule has 0 saturated carbocycles.